The van der Waals surface area contributed by atoms with Crippen molar-refractivity contribution in [2.24, 2.45) is 0 Å². The Morgan fingerprint density at radius 1 is 1.31 bits per heavy atom. The number of fused-ring (bicyclic) bond motifs is 1. The molecule has 0 radical (unpaired) electrons. The fraction of sp³-hybridized carbons (Fsp3) is 0.455. The summed E-state index contributed by atoms with van der Waals surface area (Å²) in [5, 5.41) is 12.7. The normalized spacial score (nSPS) is 16.2. The van der Waals surface area contributed by atoms with Crippen LogP contribution in [-0.4, -0.2) is 59.3 Å². The number of nitrogens with zero attached hydrogens (tertiary/aromatic N) is 5. The van der Waals surface area contributed by atoms with Gasteiger partial charge >= 0.3 is 6.09 Å². The van der Waals surface area contributed by atoms with Gasteiger partial charge in [0.2, 0.25) is 5.75 Å². The van der Waals surface area contributed by atoms with E-state index in [4.69, 9.17) is 26.3 Å². The number of halogens is 1. The smallest absolute Gasteiger partial charge is 0.410 e. The van der Waals surface area contributed by atoms with Gasteiger partial charge in [-0.3, -0.25) is 0 Å². The number of benzene rings is 1. The molecule has 0 bridgehead atoms. The first kappa shape index (κ1) is 22.0. The lowest BCUT2D eigenvalue weighted by molar-refractivity contribution is 0.0687. The molecule has 10 heteroatoms. The summed E-state index contributed by atoms with van der Waals surface area (Å²) in [4.78, 5) is 25.0. The fourth-order valence-electron chi connectivity index (χ4n) is 3.95. The van der Waals surface area contributed by atoms with E-state index < -0.39 is 0 Å². The summed E-state index contributed by atoms with van der Waals surface area (Å²) < 4.78 is 11.2. The van der Waals surface area contributed by atoms with Crippen molar-refractivity contribution in [3.05, 3.63) is 35.1 Å². The predicted molar refractivity (Wildman–Crippen MR) is 121 cm³/mol. The molecule has 1 fully saturated rings. The zero-order valence-electron chi connectivity index (χ0n) is 18.0. The molecular formula is C22H25ClN6O3. The maximum absolute atomic E-state index is 12.2. The van der Waals surface area contributed by atoms with E-state index in [1.54, 1.807) is 23.1 Å². The summed E-state index contributed by atoms with van der Waals surface area (Å²) in [6, 6.07) is 7.33. The molecule has 0 saturated carbocycles. The average molecular weight is 457 g/mol. The number of nitriles is 1. The molecule has 0 atom stereocenters. The number of carbonyl (C=O) groups is 1. The van der Waals surface area contributed by atoms with E-state index >= 15 is 0 Å². The number of hydrogen-bond donors (Lipinski definition) is 1. The minimum Gasteiger partial charge on any atom is -0.485 e. The Morgan fingerprint density at radius 3 is 2.78 bits per heavy atom. The zero-order chi connectivity index (χ0) is 22.7. The molecule has 1 saturated heterocycles. The number of ether oxygens (including phenoxy) is 2. The molecule has 0 aliphatic carbocycles. The van der Waals surface area contributed by atoms with Crippen molar-refractivity contribution in [1.29, 1.82) is 5.26 Å². The van der Waals surface area contributed by atoms with Crippen LogP contribution in [0.3, 0.4) is 0 Å². The highest BCUT2D eigenvalue weighted by molar-refractivity contribution is 6.33. The lowest BCUT2D eigenvalue weighted by Gasteiger charge is -2.41. The van der Waals surface area contributed by atoms with Crippen molar-refractivity contribution in [1.82, 2.24) is 14.9 Å². The van der Waals surface area contributed by atoms with Gasteiger partial charge in [0.05, 0.1) is 35.0 Å². The van der Waals surface area contributed by atoms with E-state index in [0.717, 1.165) is 18.7 Å². The minimum absolute atomic E-state index is 0.126. The number of carbonyl (C=O) groups excluding carboxylic acids is 1. The maximum atomic E-state index is 12.2. The molecule has 4 rings (SSSR count). The van der Waals surface area contributed by atoms with Gasteiger partial charge in [-0.15, -0.1) is 0 Å². The fourth-order valence-corrected chi connectivity index (χ4v) is 4.18. The number of nitrogens with one attached hydrogen (secondary N) is 1. The first-order valence-corrected chi connectivity index (χ1v) is 11.0. The standard InChI is InChI=1S/C22H25ClN6O3/c1-14(2)32-22(30)28-7-5-16(6-8-28)29-9-10-31-19-20(25-13-26-21(19)29)27-18-4-3-15(12-24)11-17(18)23/h3-4,11,13-14,16H,5-10H2,1-2H3,(H,25,26,27). The molecule has 1 aromatic carbocycles. The highest BCUT2D eigenvalue weighted by Gasteiger charge is 2.33. The molecule has 2 aromatic rings. The molecule has 0 spiro atoms. The second-order valence-corrected chi connectivity index (χ2v) is 8.41. The molecule has 0 unspecified atom stereocenters. The van der Waals surface area contributed by atoms with E-state index in [1.807, 2.05) is 13.8 Å². The molecule has 32 heavy (non-hydrogen) atoms. The first-order valence-electron chi connectivity index (χ1n) is 10.6. The van der Waals surface area contributed by atoms with Gasteiger partial charge in [0, 0.05) is 19.1 Å². The van der Waals surface area contributed by atoms with Crippen LogP contribution in [0.25, 0.3) is 0 Å². The second kappa shape index (κ2) is 9.49. The topological polar surface area (TPSA) is 104 Å². The molecule has 168 valence electrons. The van der Waals surface area contributed by atoms with Gasteiger partial charge in [0.1, 0.15) is 12.9 Å². The minimum atomic E-state index is -0.256. The Labute approximate surface area is 191 Å². The number of hydrogen-bond acceptors (Lipinski definition) is 8. The number of anilines is 3. The monoisotopic (exact) mass is 456 g/mol. The summed E-state index contributed by atoms with van der Waals surface area (Å²) in [6.45, 7) is 6.20. The summed E-state index contributed by atoms with van der Waals surface area (Å²) in [7, 11) is 0. The molecular weight excluding hydrogens is 432 g/mol. The van der Waals surface area contributed by atoms with Crippen molar-refractivity contribution in [2.75, 3.05) is 36.5 Å². The summed E-state index contributed by atoms with van der Waals surface area (Å²) in [6.07, 6.45) is 2.75. The number of aromatic nitrogens is 2. The molecule has 2 aliphatic rings. The summed E-state index contributed by atoms with van der Waals surface area (Å²) in [5.41, 5.74) is 1.11. The van der Waals surface area contributed by atoms with Crippen LogP contribution in [0, 0.1) is 11.3 Å². The van der Waals surface area contributed by atoms with Crippen molar-refractivity contribution < 1.29 is 14.3 Å². The second-order valence-electron chi connectivity index (χ2n) is 8.00. The van der Waals surface area contributed by atoms with Gasteiger partial charge in [-0.1, -0.05) is 11.6 Å². The quantitative estimate of drug-likeness (QED) is 0.737. The van der Waals surface area contributed by atoms with Crippen LogP contribution in [-0.2, 0) is 4.74 Å². The predicted octanol–water partition coefficient (Wildman–Crippen LogP) is 3.95. The molecule has 2 aliphatic heterocycles. The van der Waals surface area contributed by atoms with E-state index in [2.05, 4.69) is 26.3 Å². The Hall–Kier alpha value is -3.25. The molecule has 1 aromatic heterocycles. The Kier molecular flexibility index (Phi) is 6.51. The van der Waals surface area contributed by atoms with Crippen molar-refractivity contribution in [3.63, 3.8) is 0 Å². The van der Waals surface area contributed by atoms with Gasteiger partial charge in [-0.05, 0) is 44.9 Å². The van der Waals surface area contributed by atoms with Crippen LogP contribution in [0.2, 0.25) is 5.02 Å². The van der Waals surface area contributed by atoms with E-state index in [-0.39, 0.29) is 18.2 Å². The number of amides is 1. The van der Waals surface area contributed by atoms with Crippen LogP contribution in [0.1, 0.15) is 32.3 Å². The van der Waals surface area contributed by atoms with E-state index in [1.165, 1.54) is 6.33 Å². The van der Waals surface area contributed by atoms with Crippen LogP contribution >= 0.6 is 11.6 Å². The number of likely N-dealkylation sites (tertiary alicyclic amines) is 1. The molecule has 1 N–H and O–H groups in total. The highest BCUT2D eigenvalue weighted by atomic mass is 35.5. The maximum Gasteiger partial charge on any atom is 0.410 e. The Bertz CT molecular complexity index is 1030. The van der Waals surface area contributed by atoms with Gasteiger partial charge in [-0.2, -0.15) is 5.26 Å². The van der Waals surface area contributed by atoms with Gasteiger partial charge in [0.25, 0.3) is 0 Å². The van der Waals surface area contributed by atoms with Crippen molar-refractivity contribution >= 4 is 35.0 Å². The van der Waals surface area contributed by atoms with Crippen LogP contribution in [0.5, 0.6) is 5.75 Å². The average Bonchev–Trinajstić information content (AvgIpc) is 2.80. The van der Waals surface area contributed by atoms with E-state index in [9.17, 15) is 4.79 Å². The first-order chi connectivity index (χ1) is 15.5. The Morgan fingerprint density at radius 2 is 2.09 bits per heavy atom. The van der Waals surface area contributed by atoms with E-state index in [0.29, 0.717) is 54.1 Å². The third-order valence-electron chi connectivity index (χ3n) is 5.49. The lowest BCUT2D eigenvalue weighted by Crippen LogP contribution is -2.49. The summed E-state index contributed by atoms with van der Waals surface area (Å²) in [5.74, 6) is 1.81. The lowest BCUT2D eigenvalue weighted by atomic mass is 10.0. The van der Waals surface area contributed by atoms with Gasteiger partial charge in [-0.25, -0.2) is 14.8 Å². The highest BCUT2D eigenvalue weighted by Crippen LogP contribution is 2.39. The van der Waals surface area contributed by atoms with Gasteiger partial charge in [0.15, 0.2) is 11.6 Å². The SMILES string of the molecule is CC(C)OC(=O)N1CCC(N2CCOc3c(Nc4ccc(C#N)cc4Cl)ncnc32)CC1. The van der Waals surface area contributed by atoms with Crippen LogP contribution in [0.15, 0.2) is 24.5 Å². The van der Waals surface area contributed by atoms with Crippen molar-refractivity contribution in [3.8, 4) is 11.8 Å². The summed E-state index contributed by atoms with van der Waals surface area (Å²) >= 11 is 6.31. The van der Waals surface area contributed by atoms with Crippen LogP contribution < -0.4 is 15.0 Å². The number of piperidine rings is 1. The van der Waals surface area contributed by atoms with Gasteiger partial charge < -0.3 is 24.6 Å². The Balaban J connectivity index is 1.49. The van der Waals surface area contributed by atoms with Crippen molar-refractivity contribution in [2.45, 2.75) is 38.8 Å². The van der Waals surface area contributed by atoms with Crippen LogP contribution in [0.4, 0.5) is 22.1 Å². The zero-order valence-corrected chi connectivity index (χ0v) is 18.8. The number of rotatable bonds is 4. The molecule has 3 heterocycles. The third kappa shape index (κ3) is 4.65. The molecule has 9 nitrogen and oxygen atoms in total. The molecule has 1 amide bonds. The largest absolute Gasteiger partial charge is 0.485 e. The third-order valence-corrected chi connectivity index (χ3v) is 5.80.